The monoisotopic (exact) mass is 348 g/mol. The third-order valence-electron chi connectivity index (χ3n) is 3.34. The molecule has 12 nitrogen and oxygen atoms in total. The zero-order valence-corrected chi connectivity index (χ0v) is 12.3. The van der Waals surface area contributed by atoms with Crippen molar-refractivity contribution >= 4 is 19.0 Å². The molecular formula is C10H13N4O8P. The number of fused-ring (bicyclic) bond motifs is 1. The highest BCUT2D eigenvalue weighted by molar-refractivity contribution is 7.46. The number of phosphoric acid groups is 1. The summed E-state index contributed by atoms with van der Waals surface area (Å²) >= 11 is 0. The zero-order valence-electron chi connectivity index (χ0n) is 11.4. The summed E-state index contributed by atoms with van der Waals surface area (Å²) in [6.45, 7) is -0.532. The van der Waals surface area contributed by atoms with E-state index in [4.69, 9.17) is 14.5 Å². The number of aromatic hydroxyl groups is 2. The topological polar surface area (TPSA) is 180 Å². The second-order valence-electron chi connectivity index (χ2n) is 4.87. The van der Waals surface area contributed by atoms with Gasteiger partial charge in [0.05, 0.1) is 12.7 Å². The Morgan fingerprint density at radius 3 is 2.83 bits per heavy atom. The summed E-state index contributed by atoms with van der Waals surface area (Å²) in [5, 5.41) is 29.4. The lowest BCUT2D eigenvalue weighted by Crippen LogP contribution is -2.25. The van der Waals surface area contributed by atoms with Crippen LogP contribution in [0.1, 0.15) is 12.6 Å². The third kappa shape index (κ3) is 3.13. The van der Waals surface area contributed by atoms with E-state index in [1.54, 1.807) is 0 Å². The molecule has 0 amide bonds. The van der Waals surface area contributed by atoms with Crippen LogP contribution in [0, 0.1) is 0 Å². The van der Waals surface area contributed by atoms with E-state index in [1.807, 2.05) is 0 Å². The molecule has 0 bridgehead atoms. The zero-order chi connectivity index (χ0) is 16.8. The van der Waals surface area contributed by atoms with Crippen molar-refractivity contribution in [3.8, 4) is 11.9 Å². The van der Waals surface area contributed by atoms with Gasteiger partial charge in [-0.2, -0.15) is 9.97 Å². The summed E-state index contributed by atoms with van der Waals surface area (Å²) in [5.74, 6) is -0.427. The van der Waals surface area contributed by atoms with Crippen molar-refractivity contribution in [1.82, 2.24) is 19.5 Å². The molecule has 126 valence electrons. The number of rotatable bonds is 4. The number of phosphoric ester groups is 1. The highest BCUT2D eigenvalue weighted by atomic mass is 31.2. The summed E-state index contributed by atoms with van der Waals surface area (Å²) < 4.78 is 21.6. The molecule has 13 heteroatoms. The molecule has 3 heterocycles. The second kappa shape index (κ2) is 5.67. The summed E-state index contributed by atoms with van der Waals surface area (Å²) in [6.07, 6.45) is -1.94. The molecule has 0 saturated carbocycles. The van der Waals surface area contributed by atoms with Crippen LogP contribution < -0.4 is 0 Å². The van der Waals surface area contributed by atoms with Crippen LogP contribution in [-0.4, -0.2) is 63.4 Å². The van der Waals surface area contributed by atoms with Gasteiger partial charge in [0.1, 0.15) is 18.7 Å². The molecular weight excluding hydrogens is 335 g/mol. The predicted octanol–water partition coefficient (Wildman–Crippen LogP) is -1.00. The Morgan fingerprint density at radius 2 is 2.13 bits per heavy atom. The minimum Gasteiger partial charge on any atom is -0.492 e. The van der Waals surface area contributed by atoms with E-state index in [0.29, 0.717) is 0 Å². The molecule has 0 unspecified atom stereocenters. The van der Waals surface area contributed by atoms with Gasteiger partial charge < -0.3 is 29.8 Å². The van der Waals surface area contributed by atoms with E-state index in [2.05, 4.69) is 19.5 Å². The normalized spacial score (nSPS) is 25.3. The van der Waals surface area contributed by atoms with Crippen molar-refractivity contribution in [2.24, 2.45) is 0 Å². The van der Waals surface area contributed by atoms with Crippen LogP contribution in [0.15, 0.2) is 6.33 Å². The number of hydrogen-bond donors (Lipinski definition) is 5. The summed E-state index contributed by atoms with van der Waals surface area (Å²) in [7, 11) is -4.69. The number of aliphatic hydroxyl groups is 1. The quantitative estimate of drug-likeness (QED) is 0.427. The van der Waals surface area contributed by atoms with E-state index in [9.17, 15) is 19.9 Å². The van der Waals surface area contributed by atoms with Crippen molar-refractivity contribution in [1.29, 1.82) is 0 Å². The van der Waals surface area contributed by atoms with Crippen LogP contribution in [0.2, 0.25) is 0 Å². The number of imidazole rings is 1. The van der Waals surface area contributed by atoms with Gasteiger partial charge in [-0.25, -0.2) is 9.55 Å². The fourth-order valence-corrected chi connectivity index (χ4v) is 2.69. The Hall–Kier alpha value is -1.82. The number of ether oxygens (including phenoxy) is 1. The van der Waals surface area contributed by atoms with Crippen LogP contribution in [0.3, 0.4) is 0 Å². The first-order valence-corrected chi connectivity index (χ1v) is 7.94. The first kappa shape index (κ1) is 16.1. The lowest BCUT2D eigenvalue weighted by molar-refractivity contribution is -0.0442. The van der Waals surface area contributed by atoms with Gasteiger partial charge in [0, 0.05) is 6.42 Å². The van der Waals surface area contributed by atoms with Gasteiger partial charge in [-0.1, -0.05) is 0 Å². The first-order chi connectivity index (χ1) is 10.8. The highest BCUT2D eigenvalue weighted by Gasteiger charge is 2.38. The minimum atomic E-state index is -4.69. The molecule has 0 aromatic carbocycles. The van der Waals surface area contributed by atoms with Crippen LogP contribution in [0.5, 0.6) is 11.9 Å². The average molecular weight is 348 g/mol. The van der Waals surface area contributed by atoms with Crippen LogP contribution in [0.4, 0.5) is 0 Å². The largest absolute Gasteiger partial charge is 0.492 e. The van der Waals surface area contributed by atoms with Crippen LogP contribution in [0.25, 0.3) is 11.2 Å². The molecule has 5 N–H and O–H groups in total. The molecule has 0 spiro atoms. The predicted molar refractivity (Wildman–Crippen MR) is 71.2 cm³/mol. The third-order valence-corrected chi connectivity index (χ3v) is 3.82. The first-order valence-electron chi connectivity index (χ1n) is 6.40. The van der Waals surface area contributed by atoms with E-state index >= 15 is 0 Å². The molecule has 1 aliphatic heterocycles. The molecule has 3 rings (SSSR count). The summed E-state index contributed by atoms with van der Waals surface area (Å²) in [6, 6.07) is -0.510. The van der Waals surface area contributed by atoms with Crippen molar-refractivity contribution < 1.29 is 38.9 Å². The van der Waals surface area contributed by atoms with Crippen molar-refractivity contribution in [2.45, 2.75) is 24.9 Å². The SMILES string of the molecule is O=P(O)(O)OC[C@H]1O[C@@H](n2c(O)nc3c(O)ncnc32)C[C@@H]1O. The fourth-order valence-electron chi connectivity index (χ4n) is 2.34. The number of aromatic nitrogens is 4. The standard InChI is InChI=1S/C10H13N4O8P/c15-4-1-6(22-5(4)2-21-23(18,19)20)14-8-7(13-10(14)17)9(16)12-3-11-8/h3-6,15H,1-2H2,(H,13,17)(H,11,12,16)(H2,18,19,20)/t4-,5+,6+/m0/s1. The smallest absolute Gasteiger partial charge is 0.469 e. The summed E-state index contributed by atoms with van der Waals surface area (Å²) in [4.78, 5) is 28.5. The Labute approximate surface area is 128 Å². The average Bonchev–Trinajstić information content (AvgIpc) is 2.96. The van der Waals surface area contributed by atoms with Gasteiger partial charge in [-0.3, -0.25) is 9.09 Å². The molecule has 0 aliphatic carbocycles. The van der Waals surface area contributed by atoms with Crippen molar-refractivity contribution in [3.05, 3.63) is 6.33 Å². The Bertz CT molecular complexity index is 776. The second-order valence-corrected chi connectivity index (χ2v) is 6.11. The van der Waals surface area contributed by atoms with Crippen LogP contribution >= 0.6 is 7.82 Å². The highest BCUT2D eigenvalue weighted by Crippen LogP contribution is 2.39. The molecule has 3 atom stereocenters. The van der Waals surface area contributed by atoms with E-state index in [0.717, 1.165) is 10.9 Å². The van der Waals surface area contributed by atoms with Crippen molar-refractivity contribution in [3.63, 3.8) is 0 Å². The minimum absolute atomic E-state index is 0.00102. The summed E-state index contributed by atoms with van der Waals surface area (Å²) in [5.41, 5.74) is 0.0433. The van der Waals surface area contributed by atoms with Gasteiger partial charge in [-0.15, -0.1) is 0 Å². The van der Waals surface area contributed by atoms with Crippen molar-refractivity contribution in [2.75, 3.05) is 6.61 Å². The van der Waals surface area contributed by atoms with E-state index in [1.165, 1.54) is 0 Å². The molecule has 0 radical (unpaired) electrons. The Balaban J connectivity index is 1.85. The van der Waals surface area contributed by atoms with Gasteiger partial charge in [0.15, 0.2) is 11.2 Å². The Kier molecular flexibility index (Phi) is 3.96. The Morgan fingerprint density at radius 1 is 1.39 bits per heavy atom. The molecule has 2 aromatic rings. The maximum Gasteiger partial charge on any atom is 0.469 e. The number of hydrogen-bond acceptors (Lipinski definition) is 9. The molecule has 1 aliphatic rings. The van der Waals surface area contributed by atoms with Gasteiger partial charge in [0.2, 0.25) is 5.88 Å². The van der Waals surface area contributed by atoms with E-state index < -0.39 is 44.8 Å². The van der Waals surface area contributed by atoms with E-state index in [-0.39, 0.29) is 17.6 Å². The van der Waals surface area contributed by atoms with Gasteiger partial charge >= 0.3 is 7.82 Å². The maximum atomic E-state index is 10.7. The number of aliphatic hydroxyl groups excluding tert-OH is 1. The molecule has 1 fully saturated rings. The van der Waals surface area contributed by atoms with Crippen LogP contribution in [-0.2, 0) is 13.8 Å². The molecule has 2 aromatic heterocycles. The molecule has 23 heavy (non-hydrogen) atoms. The molecule has 1 saturated heterocycles. The number of nitrogens with zero attached hydrogens (tertiary/aromatic N) is 4. The maximum absolute atomic E-state index is 10.7. The fraction of sp³-hybridized carbons (Fsp3) is 0.500. The van der Waals surface area contributed by atoms with Gasteiger partial charge in [-0.05, 0) is 0 Å². The lowest BCUT2D eigenvalue weighted by Gasteiger charge is -2.16. The lowest BCUT2D eigenvalue weighted by atomic mass is 10.2. The van der Waals surface area contributed by atoms with Gasteiger partial charge in [0.25, 0.3) is 6.01 Å².